The Kier molecular flexibility index (Phi) is 2.41. The van der Waals surface area contributed by atoms with Crippen LogP contribution in [0.4, 0.5) is 13.2 Å². The quantitative estimate of drug-likeness (QED) is 0.620. The zero-order valence-electron chi connectivity index (χ0n) is 7.54. The maximum atomic E-state index is 11.9. The van der Waals surface area contributed by atoms with E-state index < -0.39 is 12.6 Å². The third-order valence-electron chi connectivity index (χ3n) is 3.02. The molecule has 0 nitrogen and oxygen atoms in total. The van der Waals surface area contributed by atoms with Crippen molar-refractivity contribution in [3.05, 3.63) is 0 Å². The van der Waals surface area contributed by atoms with Gasteiger partial charge in [-0.3, -0.25) is 0 Å². The molecule has 0 unspecified atom stereocenters. The lowest BCUT2D eigenvalue weighted by Gasteiger charge is -2.19. The van der Waals surface area contributed by atoms with Gasteiger partial charge < -0.3 is 0 Å². The fraction of sp³-hybridized carbons (Fsp3) is 1.00. The van der Waals surface area contributed by atoms with Gasteiger partial charge in [0.1, 0.15) is 0 Å². The first-order valence-corrected chi connectivity index (χ1v) is 4.42. The monoisotopic (exact) mass is 180 g/mol. The zero-order valence-corrected chi connectivity index (χ0v) is 7.54. The molecule has 0 radical (unpaired) electrons. The molecule has 0 aromatic heterocycles. The van der Waals surface area contributed by atoms with Crippen LogP contribution in [0.1, 0.15) is 39.5 Å². The van der Waals surface area contributed by atoms with Gasteiger partial charge >= 0.3 is 6.18 Å². The summed E-state index contributed by atoms with van der Waals surface area (Å²) in [7, 11) is 0. The molecule has 0 atom stereocenters. The molecule has 0 spiro atoms. The average Bonchev–Trinajstić information content (AvgIpc) is 2.61. The van der Waals surface area contributed by atoms with Gasteiger partial charge in [-0.25, -0.2) is 0 Å². The van der Waals surface area contributed by atoms with Gasteiger partial charge in [-0.05, 0) is 30.6 Å². The number of halogens is 3. The van der Waals surface area contributed by atoms with Crippen molar-refractivity contribution in [3.8, 4) is 0 Å². The van der Waals surface area contributed by atoms with Crippen molar-refractivity contribution in [1.29, 1.82) is 0 Å². The van der Waals surface area contributed by atoms with Crippen LogP contribution in [0.25, 0.3) is 0 Å². The van der Waals surface area contributed by atoms with E-state index in [0.717, 1.165) is 12.8 Å². The first kappa shape index (κ1) is 9.87. The standard InChI is InChI=1S/C9H15F3/c1-7(2)8(3-4-8)5-6-9(10,11)12/h7H,3-6H2,1-2H3. The number of hydrogen-bond acceptors (Lipinski definition) is 0. The Labute approximate surface area is 71.1 Å². The van der Waals surface area contributed by atoms with Crippen LogP contribution in [0.2, 0.25) is 0 Å². The van der Waals surface area contributed by atoms with Gasteiger partial charge in [0.25, 0.3) is 0 Å². The molecule has 1 saturated carbocycles. The van der Waals surface area contributed by atoms with E-state index in [-0.39, 0.29) is 5.41 Å². The topological polar surface area (TPSA) is 0 Å². The molecule has 0 aliphatic heterocycles. The van der Waals surface area contributed by atoms with Gasteiger partial charge in [0, 0.05) is 6.42 Å². The number of hydrogen-bond donors (Lipinski definition) is 0. The Bertz CT molecular complexity index is 154. The molecular weight excluding hydrogens is 165 g/mol. The molecule has 1 aliphatic carbocycles. The molecule has 0 amide bonds. The third-order valence-corrected chi connectivity index (χ3v) is 3.02. The number of rotatable bonds is 3. The first-order valence-electron chi connectivity index (χ1n) is 4.42. The highest BCUT2D eigenvalue weighted by Gasteiger charge is 2.46. The Balaban J connectivity index is 2.32. The summed E-state index contributed by atoms with van der Waals surface area (Å²) in [5.41, 5.74) is 0.0372. The highest BCUT2D eigenvalue weighted by atomic mass is 19.4. The van der Waals surface area contributed by atoms with E-state index in [1.807, 2.05) is 13.8 Å². The molecule has 0 aromatic carbocycles. The minimum Gasteiger partial charge on any atom is -0.171 e. The number of alkyl halides is 3. The highest BCUT2D eigenvalue weighted by Crippen LogP contribution is 2.56. The van der Waals surface area contributed by atoms with Gasteiger partial charge in [0.15, 0.2) is 0 Å². The lowest BCUT2D eigenvalue weighted by atomic mass is 9.88. The van der Waals surface area contributed by atoms with E-state index in [4.69, 9.17) is 0 Å². The predicted octanol–water partition coefficient (Wildman–Crippen LogP) is 3.77. The van der Waals surface area contributed by atoms with Crippen molar-refractivity contribution in [2.45, 2.75) is 45.7 Å². The smallest absolute Gasteiger partial charge is 0.171 e. The SMILES string of the molecule is CC(C)C1(CCC(F)(F)F)CC1. The van der Waals surface area contributed by atoms with E-state index in [1.54, 1.807) is 0 Å². The largest absolute Gasteiger partial charge is 0.389 e. The van der Waals surface area contributed by atoms with E-state index in [9.17, 15) is 13.2 Å². The third kappa shape index (κ3) is 2.39. The van der Waals surface area contributed by atoms with Crippen LogP contribution in [0.5, 0.6) is 0 Å². The molecule has 1 fully saturated rings. The van der Waals surface area contributed by atoms with Crippen molar-refractivity contribution >= 4 is 0 Å². The first-order chi connectivity index (χ1) is 5.36. The summed E-state index contributed by atoms with van der Waals surface area (Å²) in [6, 6.07) is 0. The normalized spacial score (nSPS) is 21.5. The van der Waals surface area contributed by atoms with E-state index >= 15 is 0 Å². The summed E-state index contributed by atoms with van der Waals surface area (Å²) in [5, 5.41) is 0. The molecule has 1 rings (SSSR count). The molecule has 1 aliphatic rings. The van der Waals surface area contributed by atoms with Gasteiger partial charge in [0.05, 0.1) is 0 Å². The Morgan fingerprint density at radius 1 is 1.25 bits per heavy atom. The van der Waals surface area contributed by atoms with Crippen LogP contribution in [0.3, 0.4) is 0 Å². The van der Waals surface area contributed by atoms with Gasteiger partial charge in [-0.1, -0.05) is 13.8 Å². The molecule has 0 N–H and O–H groups in total. The van der Waals surface area contributed by atoms with Crippen molar-refractivity contribution in [1.82, 2.24) is 0 Å². The van der Waals surface area contributed by atoms with Crippen molar-refractivity contribution < 1.29 is 13.2 Å². The Hall–Kier alpha value is -0.210. The molecule has 0 aromatic rings. The Morgan fingerprint density at radius 3 is 2.00 bits per heavy atom. The fourth-order valence-electron chi connectivity index (χ4n) is 1.67. The van der Waals surface area contributed by atoms with Gasteiger partial charge in [-0.2, -0.15) is 13.2 Å². The summed E-state index contributed by atoms with van der Waals surface area (Å²) < 4.78 is 35.6. The van der Waals surface area contributed by atoms with E-state index in [1.165, 1.54) is 0 Å². The maximum Gasteiger partial charge on any atom is 0.389 e. The van der Waals surface area contributed by atoms with Crippen LogP contribution in [-0.2, 0) is 0 Å². The second-order valence-electron chi connectivity index (χ2n) is 4.13. The summed E-state index contributed by atoms with van der Waals surface area (Å²) in [6.07, 6.45) is -2.27. The van der Waals surface area contributed by atoms with Crippen LogP contribution in [0.15, 0.2) is 0 Å². The van der Waals surface area contributed by atoms with Crippen LogP contribution in [-0.4, -0.2) is 6.18 Å². The molecule has 0 saturated heterocycles. The highest BCUT2D eigenvalue weighted by molar-refractivity contribution is 4.95. The molecule has 0 bridgehead atoms. The summed E-state index contributed by atoms with van der Waals surface area (Å²) in [6.45, 7) is 4.03. The van der Waals surface area contributed by atoms with Crippen molar-refractivity contribution in [3.63, 3.8) is 0 Å². The van der Waals surface area contributed by atoms with Crippen LogP contribution in [0, 0.1) is 11.3 Å². The average molecular weight is 180 g/mol. The second kappa shape index (κ2) is 2.93. The molecule has 72 valence electrons. The molecule has 0 heterocycles. The molecular formula is C9H15F3. The molecule has 3 heteroatoms. The molecule has 12 heavy (non-hydrogen) atoms. The fourth-order valence-corrected chi connectivity index (χ4v) is 1.67. The minimum absolute atomic E-state index is 0.0372. The summed E-state index contributed by atoms with van der Waals surface area (Å²) in [5.74, 6) is 0.403. The second-order valence-corrected chi connectivity index (χ2v) is 4.13. The lowest BCUT2D eigenvalue weighted by molar-refractivity contribution is -0.139. The van der Waals surface area contributed by atoms with E-state index in [2.05, 4.69) is 0 Å². The van der Waals surface area contributed by atoms with Crippen LogP contribution < -0.4 is 0 Å². The van der Waals surface area contributed by atoms with Gasteiger partial charge in [0.2, 0.25) is 0 Å². The van der Waals surface area contributed by atoms with Crippen molar-refractivity contribution in [2.24, 2.45) is 11.3 Å². The Morgan fingerprint density at radius 2 is 1.75 bits per heavy atom. The maximum absolute atomic E-state index is 11.9. The predicted molar refractivity (Wildman–Crippen MR) is 41.8 cm³/mol. The summed E-state index contributed by atoms with van der Waals surface area (Å²) in [4.78, 5) is 0. The van der Waals surface area contributed by atoms with Gasteiger partial charge in [-0.15, -0.1) is 0 Å². The zero-order chi connectivity index (χ0) is 9.41. The minimum atomic E-state index is -3.97. The van der Waals surface area contributed by atoms with E-state index in [0.29, 0.717) is 12.3 Å². The van der Waals surface area contributed by atoms with Crippen LogP contribution >= 0.6 is 0 Å². The summed E-state index contributed by atoms with van der Waals surface area (Å²) >= 11 is 0. The van der Waals surface area contributed by atoms with Crippen molar-refractivity contribution in [2.75, 3.05) is 0 Å². The lowest BCUT2D eigenvalue weighted by Crippen LogP contribution is -2.15.